The van der Waals surface area contributed by atoms with Crippen molar-refractivity contribution >= 4 is 11.8 Å². The molecule has 0 bridgehead atoms. The lowest BCUT2D eigenvalue weighted by Gasteiger charge is -2.29. The standard InChI is InChI=1S/C25H34N2O5/c1-5-15-26-25(29)19(2)27(18-20-8-6-9-23(17-20)31-4)24(28)10-7-16-32-22-13-11-21(30-3)12-14-22/h6,8-9,11-14,17,19H,5,7,10,15-16,18H2,1-4H3,(H,26,29)/t19-/m0/s1. The van der Waals surface area contributed by atoms with Crippen LogP contribution in [0, 0.1) is 0 Å². The van der Waals surface area contributed by atoms with Crippen LogP contribution in [-0.4, -0.2) is 50.1 Å². The van der Waals surface area contributed by atoms with Gasteiger partial charge in [-0.1, -0.05) is 19.1 Å². The zero-order chi connectivity index (χ0) is 23.3. The molecule has 2 aromatic carbocycles. The number of ether oxygens (including phenoxy) is 3. The van der Waals surface area contributed by atoms with Crippen LogP contribution in [0.15, 0.2) is 48.5 Å². The molecule has 0 aliphatic heterocycles. The lowest BCUT2D eigenvalue weighted by atomic mass is 10.1. The van der Waals surface area contributed by atoms with Gasteiger partial charge in [0.25, 0.3) is 0 Å². The molecule has 0 fully saturated rings. The van der Waals surface area contributed by atoms with Gasteiger partial charge in [0, 0.05) is 19.5 Å². The number of carbonyl (C=O) groups is 2. The van der Waals surface area contributed by atoms with Crippen LogP contribution in [0.4, 0.5) is 0 Å². The Morgan fingerprint density at radius 1 is 1.00 bits per heavy atom. The predicted octanol–water partition coefficient (Wildman–Crippen LogP) is 3.81. The third-order valence-electron chi connectivity index (χ3n) is 5.07. The summed E-state index contributed by atoms with van der Waals surface area (Å²) in [6.45, 7) is 5.07. The molecule has 0 aliphatic carbocycles. The molecule has 2 rings (SSSR count). The predicted molar refractivity (Wildman–Crippen MR) is 124 cm³/mol. The molecule has 174 valence electrons. The Balaban J connectivity index is 1.99. The molecule has 0 saturated carbocycles. The number of amides is 2. The lowest BCUT2D eigenvalue weighted by Crippen LogP contribution is -2.47. The fraction of sp³-hybridized carbons (Fsp3) is 0.440. The van der Waals surface area contributed by atoms with E-state index < -0.39 is 6.04 Å². The van der Waals surface area contributed by atoms with Gasteiger partial charge in [0.15, 0.2) is 0 Å². The van der Waals surface area contributed by atoms with E-state index in [0.717, 1.165) is 23.5 Å². The van der Waals surface area contributed by atoms with Crippen molar-refractivity contribution in [3.8, 4) is 17.2 Å². The molecule has 0 aromatic heterocycles. The summed E-state index contributed by atoms with van der Waals surface area (Å²) in [5, 5.41) is 2.88. The molecule has 0 radical (unpaired) electrons. The number of hydrogen-bond acceptors (Lipinski definition) is 5. The maximum atomic E-state index is 13.1. The van der Waals surface area contributed by atoms with Gasteiger partial charge in [-0.15, -0.1) is 0 Å². The molecule has 1 N–H and O–H groups in total. The topological polar surface area (TPSA) is 77.1 Å². The number of rotatable bonds is 13. The van der Waals surface area contributed by atoms with Crippen molar-refractivity contribution in [3.05, 3.63) is 54.1 Å². The van der Waals surface area contributed by atoms with E-state index >= 15 is 0 Å². The zero-order valence-electron chi connectivity index (χ0n) is 19.4. The van der Waals surface area contributed by atoms with Crippen molar-refractivity contribution in [3.63, 3.8) is 0 Å². The highest BCUT2D eigenvalue weighted by atomic mass is 16.5. The Labute approximate surface area is 190 Å². The molecule has 0 unspecified atom stereocenters. The molecular formula is C25H34N2O5. The van der Waals surface area contributed by atoms with E-state index in [1.807, 2.05) is 55.5 Å². The first kappa shape index (κ1) is 25.0. The van der Waals surface area contributed by atoms with Gasteiger partial charge in [0.1, 0.15) is 23.3 Å². The lowest BCUT2D eigenvalue weighted by molar-refractivity contribution is -0.140. The molecule has 32 heavy (non-hydrogen) atoms. The van der Waals surface area contributed by atoms with Gasteiger partial charge in [-0.05, 0) is 61.7 Å². The van der Waals surface area contributed by atoms with E-state index in [4.69, 9.17) is 14.2 Å². The van der Waals surface area contributed by atoms with Crippen LogP contribution in [0.1, 0.15) is 38.7 Å². The van der Waals surface area contributed by atoms with Gasteiger partial charge >= 0.3 is 0 Å². The summed E-state index contributed by atoms with van der Waals surface area (Å²) in [6, 6.07) is 14.3. The van der Waals surface area contributed by atoms with Crippen molar-refractivity contribution in [2.75, 3.05) is 27.4 Å². The number of methoxy groups -OCH3 is 2. The molecule has 0 heterocycles. The minimum Gasteiger partial charge on any atom is -0.497 e. The first-order valence-corrected chi connectivity index (χ1v) is 11.0. The molecule has 0 spiro atoms. The van der Waals surface area contributed by atoms with Crippen molar-refractivity contribution in [2.24, 2.45) is 0 Å². The Bertz CT molecular complexity index is 854. The van der Waals surface area contributed by atoms with Gasteiger partial charge < -0.3 is 24.4 Å². The van der Waals surface area contributed by atoms with Crippen LogP contribution in [0.2, 0.25) is 0 Å². The SMILES string of the molecule is CCCNC(=O)[C@H](C)N(Cc1cccc(OC)c1)C(=O)CCCOc1ccc(OC)cc1. The molecule has 2 amide bonds. The summed E-state index contributed by atoms with van der Waals surface area (Å²) < 4.78 is 16.1. The summed E-state index contributed by atoms with van der Waals surface area (Å²) in [5.41, 5.74) is 0.905. The van der Waals surface area contributed by atoms with Crippen LogP contribution in [0.3, 0.4) is 0 Å². The smallest absolute Gasteiger partial charge is 0.242 e. The second-order valence-corrected chi connectivity index (χ2v) is 7.47. The molecule has 0 saturated heterocycles. The van der Waals surface area contributed by atoms with Gasteiger partial charge in [-0.25, -0.2) is 0 Å². The summed E-state index contributed by atoms with van der Waals surface area (Å²) >= 11 is 0. The number of hydrogen-bond donors (Lipinski definition) is 1. The van der Waals surface area contributed by atoms with Crippen molar-refractivity contribution in [1.82, 2.24) is 10.2 Å². The van der Waals surface area contributed by atoms with Crippen LogP contribution in [0.25, 0.3) is 0 Å². The highest BCUT2D eigenvalue weighted by Gasteiger charge is 2.25. The van der Waals surface area contributed by atoms with E-state index in [9.17, 15) is 9.59 Å². The fourth-order valence-electron chi connectivity index (χ4n) is 3.18. The Kier molecular flexibility index (Phi) is 10.4. The van der Waals surface area contributed by atoms with E-state index in [2.05, 4.69) is 5.32 Å². The van der Waals surface area contributed by atoms with Gasteiger partial charge in [0.2, 0.25) is 11.8 Å². The molecule has 1 atom stereocenters. The second kappa shape index (κ2) is 13.2. The first-order chi connectivity index (χ1) is 15.5. The molecule has 7 heteroatoms. The normalized spacial score (nSPS) is 11.4. The van der Waals surface area contributed by atoms with E-state index in [1.54, 1.807) is 26.0 Å². The second-order valence-electron chi connectivity index (χ2n) is 7.47. The summed E-state index contributed by atoms with van der Waals surface area (Å²) in [4.78, 5) is 27.2. The average molecular weight is 443 g/mol. The summed E-state index contributed by atoms with van der Waals surface area (Å²) in [7, 11) is 3.22. The van der Waals surface area contributed by atoms with E-state index in [1.165, 1.54) is 0 Å². The Morgan fingerprint density at radius 3 is 2.34 bits per heavy atom. The quantitative estimate of drug-likeness (QED) is 0.478. The van der Waals surface area contributed by atoms with Crippen LogP contribution >= 0.6 is 0 Å². The fourth-order valence-corrected chi connectivity index (χ4v) is 3.18. The minimum absolute atomic E-state index is 0.0923. The largest absolute Gasteiger partial charge is 0.497 e. The minimum atomic E-state index is -0.581. The molecule has 7 nitrogen and oxygen atoms in total. The number of benzene rings is 2. The van der Waals surface area contributed by atoms with Crippen molar-refractivity contribution < 1.29 is 23.8 Å². The van der Waals surface area contributed by atoms with Crippen molar-refractivity contribution in [1.29, 1.82) is 0 Å². The Morgan fingerprint density at radius 2 is 1.69 bits per heavy atom. The highest BCUT2D eigenvalue weighted by molar-refractivity contribution is 5.87. The highest BCUT2D eigenvalue weighted by Crippen LogP contribution is 2.19. The van der Waals surface area contributed by atoms with Crippen LogP contribution < -0.4 is 19.5 Å². The number of nitrogens with one attached hydrogen (secondary N) is 1. The van der Waals surface area contributed by atoms with Gasteiger partial charge in [-0.3, -0.25) is 9.59 Å². The Hall–Kier alpha value is -3.22. The van der Waals surface area contributed by atoms with E-state index in [-0.39, 0.29) is 18.2 Å². The van der Waals surface area contributed by atoms with Crippen LogP contribution in [0.5, 0.6) is 17.2 Å². The molecular weight excluding hydrogens is 408 g/mol. The first-order valence-electron chi connectivity index (χ1n) is 11.0. The maximum Gasteiger partial charge on any atom is 0.242 e. The monoisotopic (exact) mass is 442 g/mol. The van der Waals surface area contributed by atoms with Gasteiger partial charge in [-0.2, -0.15) is 0 Å². The van der Waals surface area contributed by atoms with Crippen molar-refractivity contribution in [2.45, 2.75) is 45.7 Å². The summed E-state index contributed by atoms with van der Waals surface area (Å²) in [6.07, 6.45) is 1.67. The molecule has 2 aromatic rings. The van der Waals surface area contributed by atoms with E-state index in [0.29, 0.717) is 31.9 Å². The average Bonchev–Trinajstić information content (AvgIpc) is 2.83. The summed E-state index contributed by atoms with van der Waals surface area (Å²) in [5.74, 6) is 1.95. The van der Waals surface area contributed by atoms with Crippen LogP contribution in [-0.2, 0) is 16.1 Å². The third kappa shape index (κ3) is 7.80. The maximum absolute atomic E-state index is 13.1. The number of carbonyl (C=O) groups excluding carboxylic acids is 2. The van der Waals surface area contributed by atoms with Gasteiger partial charge in [0.05, 0.1) is 20.8 Å². The molecule has 0 aliphatic rings. The zero-order valence-corrected chi connectivity index (χ0v) is 19.4. The number of nitrogens with zero attached hydrogens (tertiary/aromatic N) is 1. The third-order valence-corrected chi connectivity index (χ3v) is 5.07.